The van der Waals surface area contributed by atoms with Crippen molar-refractivity contribution in [3.63, 3.8) is 0 Å². The Kier molecular flexibility index (Phi) is 5.45. The maximum absolute atomic E-state index is 8.71. The molecule has 0 aliphatic carbocycles. The van der Waals surface area contributed by atoms with Crippen LogP contribution in [0.3, 0.4) is 0 Å². The average molecular weight is 277 g/mol. The molecule has 1 aromatic rings. The molecule has 0 amide bonds. The number of likely N-dealkylation sites (tertiary alicyclic amines) is 1. The lowest BCUT2D eigenvalue weighted by atomic mass is 9.95. The van der Waals surface area contributed by atoms with Crippen LogP contribution < -0.4 is 0 Å². The summed E-state index contributed by atoms with van der Waals surface area (Å²) in [6.07, 6.45) is 3.24. The number of thiophene rings is 1. The molecule has 1 fully saturated rings. The second-order valence-electron chi connectivity index (χ2n) is 5.54. The smallest absolute Gasteiger partial charge is 0.0540 e. The molecule has 2 rings (SSSR count). The number of aliphatic hydroxyl groups excluding tert-OH is 1. The predicted octanol–water partition coefficient (Wildman–Crippen LogP) is 3.10. The summed E-state index contributed by atoms with van der Waals surface area (Å²) in [6.45, 7) is 7.09. The zero-order valence-electron chi connectivity index (χ0n) is 11.9. The summed E-state index contributed by atoms with van der Waals surface area (Å²) < 4.78 is 0. The Labute approximate surface area is 120 Å². The van der Waals surface area contributed by atoms with Crippen LogP contribution in [0.1, 0.15) is 43.6 Å². The number of hydrogen-bond donors (Lipinski definition) is 1. The van der Waals surface area contributed by atoms with E-state index in [1.54, 1.807) is 11.3 Å². The zero-order chi connectivity index (χ0) is 13.7. The maximum atomic E-state index is 8.71. The topological polar surface area (TPSA) is 23.5 Å². The van der Waals surface area contributed by atoms with Crippen LogP contribution in [-0.2, 0) is 6.54 Å². The second-order valence-corrected chi connectivity index (χ2v) is 6.53. The van der Waals surface area contributed by atoms with E-state index in [-0.39, 0.29) is 6.61 Å². The van der Waals surface area contributed by atoms with Gasteiger partial charge in [0.25, 0.3) is 0 Å². The highest BCUT2D eigenvalue weighted by Gasteiger charge is 2.22. The van der Waals surface area contributed by atoms with E-state index in [9.17, 15) is 0 Å². The number of rotatable bonds is 3. The van der Waals surface area contributed by atoms with E-state index in [1.807, 2.05) is 0 Å². The lowest BCUT2D eigenvalue weighted by Gasteiger charge is -2.36. The third kappa shape index (κ3) is 4.35. The van der Waals surface area contributed by atoms with Crippen LogP contribution in [-0.4, -0.2) is 29.2 Å². The van der Waals surface area contributed by atoms with Gasteiger partial charge < -0.3 is 5.11 Å². The Hall–Kier alpha value is -0.820. The minimum absolute atomic E-state index is 0.146. The van der Waals surface area contributed by atoms with E-state index in [0.29, 0.717) is 12.5 Å². The number of piperidine rings is 1. The fourth-order valence-electron chi connectivity index (χ4n) is 2.55. The normalized spacial score (nSPS) is 23.9. The van der Waals surface area contributed by atoms with Gasteiger partial charge in [-0.1, -0.05) is 18.8 Å². The van der Waals surface area contributed by atoms with E-state index >= 15 is 0 Å². The summed E-state index contributed by atoms with van der Waals surface area (Å²) in [5.41, 5.74) is 1.09. The third-order valence-corrected chi connectivity index (χ3v) is 4.65. The number of aliphatic hydroxyl groups is 1. The molecule has 0 bridgehead atoms. The molecule has 19 heavy (non-hydrogen) atoms. The van der Waals surface area contributed by atoms with Crippen molar-refractivity contribution in [3.05, 3.63) is 21.9 Å². The monoisotopic (exact) mass is 277 g/mol. The van der Waals surface area contributed by atoms with Crippen molar-refractivity contribution in [2.24, 2.45) is 5.92 Å². The van der Waals surface area contributed by atoms with Crippen LogP contribution in [0, 0.1) is 17.8 Å². The van der Waals surface area contributed by atoms with Crippen molar-refractivity contribution < 1.29 is 5.11 Å². The molecule has 1 N–H and O–H groups in total. The molecule has 0 radical (unpaired) electrons. The standard InChI is InChI=1S/C16H23NOS/c1-13-6-7-14(2)17(10-13)11-16-9-15(12-19-16)5-3-4-8-18/h9,12-14,18H,4,6-8,10-11H2,1-2H3. The molecule has 3 heteroatoms. The Bertz CT molecular complexity index is 457. The van der Waals surface area contributed by atoms with Crippen molar-refractivity contribution in [1.82, 2.24) is 4.90 Å². The van der Waals surface area contributed by atoms with Crippen LogP contribution in [0.2, 0.25) is 0 Å². The summed E-state index contributed by atoms with van der Waals surface area (Å²) in [6, 6.07) is 2.89. The first-order valence-corrected chi connectivity index (χ1v) is 7.98. The largest absolute Gasteiger partial charge is 0.395 e. The van der Waals surface area contributed by atoms with E-state index < -0.39 is 0 Å². The lowest BCUT2D eigenvalue weighted by Crippen LogP contribution is -2.40. The first kappa shape index (κ1) is 14.6. The van der Waals surface area contributed by atoms with Crippen LogP contribution in [0.15, 0.2) is 11.4 Å². The van der Waals surface area contributed by atoms with Gasteiger partial charge >= 0.3 is 0 Å². The van der Waals surface area contributed by atoms with Gasteiger partial charge in [-0.2, -0.15) is 0 Å². The van der Waals surface area contributed by atoms with Gasteiger partial charge in [0, 0.05) is 41.4 Å². The maximum Gasteiger partial charge on any atom is 0.0540 e. The Morgan fingerprint density at radius 3 is 3.05 bits per heavy atom. The molecule has 1 aromatic heterocycles. The van der Waals surface area contributed by atoms with E-state index in [1.165, 1.54) is 24.3 Å². The highest BCUT2D eigenvalue weighted by Crippen LogP contribution is 2.25. The fourth-order valence-corrected chi connectivity index (χ4v) is 3.39. The summed E-state index contributed by atoms with van der Waals surface area (Å²) in [4.78, 5) is 3.99. The van der Waals surface area contributed by atoms with E-state index in [2.05, 4.69) is 42.0 Å². The Morgan fingerprint density at radius 1 is 1.42 bits per heavy atom. The molecule has 2 heterocycles. The zero-order valence-corrected chi connectivity index (χ0v) is 12.7. The summed E-state index contributed by atoms with van der Waals surface area (Å²) in [7, 11) is 0. The van der Waals surface area contributed by atoms with Gasteiger partial charge in [-0.25, -0.2) is 0 Å². The van der Waals surface area contributed by atoms with Crippen LogP contribution in [0.5, 0.6) is 0 Å². The number of nitrogens with zero attached hydrogens (tertiary/aromatic N) is 1. The van der Waals surface area contributed by atoms with Crippen LogP contribution in [0.25, 0.3) is 0 Å². The van der Waals surface area contributed by atoms with Crippen molar-refractivity contribution in [2.45, 2.75) is 45.7 Å². The summed E-state index contributed by atoms with van der Waals surface area (Å²) in [5.74, 6) is 6.90. The molecule has 2 atom stereocenters. The Morgan fingerprint density at radius 2 is 2.26 bits per heavy atom. The molecule has 104 valence electrons. The van der Waals surface area contributed by atoms with E-state index in [4.69, 9.17) is 5.11 Å². The van der Waals surface area contributed by atoms with Crippen molar-refractivity contribution in [3.8, 4) is 11.8 Å². The van der Waals surface area contributed by atoms with Crippen LogP contribution >= 0.6 is 11.3 Å². The van der Waals surface area contributed by atoms with Gasteiger partial charge in [0.05, 0.1) is 6.61 Å². The minimum Gasteiger partial charge on any atom is -0.395 e. The van der Waals surface area contributed by atoms with Crippen molar-refractivity contribution in [2.75, 3.05) is 13.2 Å². The molecule has 1 saturated heterocycles. The Balaban J connectivity index is 1.94. The minimum atomic E-state index is 0.146. The van der Waals surface area contributed by atoms with E-state index in [0.717, 1.165) is 18.0 Å². The predicted molar refractivity (Wildman–Crippen MR) is 81.2 cm³/mol. The molecule has 0 spiro atoms. The lowest BCUT2D eigenvalue weighted by molar-refractivity contribution is 0.118. The number of hydrogen-bond acceptors (Lipinski definition) is 3. The fraction of sp³-hybridized carbons (Fsp3) is 0.625. The van der Waals surface area contributed by atoms with Gasteiger partial charge in [0.15, 0.2) is 0 Å². The van der Waals surface area contributed by atoms with Gasteiger partial charge in [0.2, 0.25) is 0 Å². The molecule has 2 nitrogen and oxygen atoms in total. The molecular weight excluding hydrogens is 254 g/mol. The van der Waals surface area contributed by atoms with Gasteiger partial charge in [-0.05, 0) is 31.7 Å². The van der Waals surface area contributed by atoms with Crippen molar-refractivity contribution >= 4 is 11.3 Å². The molecular formula is C16H23NOS. The third-order valence-electron chi connectivity index (χ3n) is 3.73. The highest BCUT2D eigenvalue weighted by molar-refractivity contribution is 7.10. The van der Waals surface area contributed by atoms with Crippen LogP contribution in [0.4, 0.5) is 0 Å². The average Bonchev–Trinajstić information content (AvgIpc) is 2.82. The van der Waals surface area contributed by atoms with Crippen molar-refractivity contribution in [1.29, 1.82) is 0 Å². The quantitative estimate of drug-likeness (QED) is 0.858. The summed E-state index contributed by atoms with van der Waals surface area (Å²) >= 11 is 1.80. The SMILES string of the molecule is CC1CCC(C)N(Cc2cc(C#CCCO)cs2)C1. The van der Waals surface area contributed by atoms with Gasteiger partial charge in [-0.15, -0.1) is 11.3 Å². The molecule has 2 unspecified atom stereocenters. The van der Waals surface area contributed by atoms with Gasteiger partial charge in [-0.3, -0.25) is 4.90 Å². The first-order chi connectivity index (χ1) is 9.19. The van der Waals surface area contributed by atoms with Gasteiger partial charge in [0.1, 0.15) is 0 Å². The molecule has 1 aliphatic heterocycles. The first-order valence-electron chi connectivity index (χ1n) is 7.10. The molecule has 0 aromatic carbocycles. The molecule has 1 aliphatic rings. The highest BCUT2D eigenvalue weighted by atomic mass is 32.1. The molecule has 0 saturated carbocycles. The second kappa shape index (κ2) is 7.09. The summed E-state index contributed by atoms with van der Waals surface area (Å²) in [5, 5.41) is 10.8.